The summed E-state index contributed by atoms with van der Waals surface area (Å²) in [6, 6.07) is 21.3. The van der Waals surface area contributed by atoms with Gasteiger partial charge in [0.25, 0.3) is 11.8 Å². The van der Waals surface area contributed by atoms with E-state index in [1.54, 1.807) is 32.0 Å². The molecule has 0 radical (unpaired) electrons. The number of benzene rings is 3. The maximum absolute atomic E-state index is 13.0. The van der Waals surface area contributed by atoms with Gasteiger partial charge in [-0.1, -0.05) is 68.4 Å². The van der Waals surface area contributed by atoms with E-state index in [1.165, 1.54) is 11.1 Å². The predicted molar refractivity (Wildman–Crippen MR) is 138 cm³/mol. The van der Waals surface area contributed by atoms with Crippen molar-refractivity contribution in [3.05, 3.63) is 96.0 Å². The van der Waals surface area contributed by atoms with Crippen molar-refractivity contribution in [2.75, 3.05) is 5.32 Å². The highest BCUT2D eigenvalue weighted by Crippen LogP contribution is 2.31. The fourth-order valence-electron chi connectivity index (χ4n) is 4.55. The average Bonchev–Trinajstić information content (AvgIpc) is 3.50. The van der Waals surface area contributed by atoms with Crippen molar-refractivity contribution in [2.45, 2.75) is 26.4 Å². The lowest BCUT2D eigenvalue weighted by atomic mass is 10.00. The van der Waals surface area contributed by atoms with Gasteiger partial charge in [0.2, 0.25) is 0 Å². The molecule has 4 aromatic rings. The third kappa shape index (κ3) is 4.73. The maximum Gasteiger partial charge on any atom is 0.326 e. The number of carbonyl (C=O) groups is 3. The number of anilines is 1. The highest BCUT2D eigenvalue weighted by atomic mass is 16.4. The number of carbonyl (C=O) groups excluding carboxylic acids is 2. The standard InChI is InChI=1S/C29H25N3O5/c1-17(2)25(29(35)36)32-16-21-9-8-20(14-23(21)28(32)34)18-10-12-22(13-11-18)31-26(33)27-30-15-24(37-27)19-6-4-3-5-7-19/h3-15,17,25H,16H2,1-2H3,(H,31,33)(H,35,36). The van der Waals surface area contributed by atoms with E-state index in [-0.39, 0.29) is 24.3 Å². The molecule has 1 aliphatic rings. The lowest BCUT2D eigenvalue weighted by molar-refractivity contribution is -0.144. The second-order valence-electron chi connectivity index (χ2n) is 9.26. The van der Waals surface area contributed by atoms with Gasteiger partial charge in [0.15, 0.2) is 5.76 Å². The SMILES string of the molecule is CC(C)C(C(=O)O)N1Cc2ccc(-c3ccc(NC(=O)c4ncc(-c5ccccc5)o4)cc3)cc2C1=O. The van der Waals surface area contributed by atoms with Gasteiger partial charge in [0, 0.05) is 23.4 Å². The topological polar surface area (TPSA) is 113 Å². The Morgan fingerprint density at radius 2 is 1.68 bits per heavy atom. The van der Waals surface area contributed by atoms with Crippen LogP contribution in [0.25, 0.3) is 22.5 Å². The minimum atomic E-state index is -1.00. The normalized spacial score (nSPS) is 13.5. The van der Waals surface area contributed by atoms with Crippen molar-refractivity contribution >= 4 is 23.5 Å². The highest BCUT2D eigenvalue weighted by Gasteiger charge is 2.38. The number of rotatable bonds is 7. The summed E-state index contributed by atoms with van der Waals surface area (Å²) in [5.74, 6) is -1.48. The minimum Gasteiger partial charge on any atom is -0.480 e. The van der Waals surface area contributed by atoms with Crippen LogP contribution in [0.5, 0.6) is 0 Å². The van der Waals surface area contributed by atoms with E-state index in [9.17, 15) is 19.5 Å². The third-order valence-electron chi connectivity index (χ3n) is 6.40. The molecule has 1 aromatic heterocycles. The first kappa shape index (κ1) is 24.0. The average molecular weight is 496 g/mol. The van der Waals surface area contributed by atoms with Crippen LogP contribution in [-0.4, -0.2) is 38.8 Å². The van der Waals surface area contributed by atoms with Crippen LogP contribution < -0.4 is 5.32 Å². The number of carboxylic acid groups (broad SMARTS) is 1. The summed E-state index contributed by atoms with van der Waals surface area (Å²) in [5, 5.41) is 12.4. The summed E-state index contributed by atoms with van der Waals surface area (Å²) < 4.78 is 5.61. The van der Waals surface area contributed by atoms with E-state index < -0.39 is 17.9 Å². The molecule has 1 atom stereocenters. The fourth-order valence-corrected chi connectivity index (χ4v) is 4.55. The first-order chi connectivity index (χ1) is 17.8. The zero-order chi connectivity index (χ0) is 26.1. The molecule has 37 heavy (non-hydrogen) atoms. The van der Waals surface area contributed by atoms with Gasteiger partial charge in [-0.2, -0.15) is 0 Å². The van der Waals surface area contributed by atoms with E-state index in [1.807, 2.05) is 54.6 Å². The second-order valence-corrected chi connectivity index (χ2v) is 9.26. The monoisotopic (exact) mass is 495 g/mol. The fraction of sp³-hybridized carbons (Fsp3) is 0.172. The maximum atomic E-state index is 13.0. The van der Waals surface area contributed by atoms with E-state index in [2.05, 4.69) is 10.3 Å². The summed E-state index contributed by atoms with van der Waals surface area (Å²) in [4.78, 5) is 42.9. The summed E-state index contributed by atoms with van der Waals surface area (Å²) in [5.41, 5.74) is 4.40. The Bertz CT molecular complexity index is 1480. The number of carboxylic acids is 1. The number of oxazole rings is 1. The number of hydrogen-bond acceptors (Lipinski definition) is 5. The van der Waals surface area contributed by atoms with Crippen molar-refractivity contribution in [1.82, 2.24) is 9.88 Å². The van der Waals surface area contributed by atoms with Crippen LogP contribution in [0.3, 0.4) is 0 Å². The van der Waals surface area contributed by atoms with Gasteiger partial charge in [0.05, 0.1) is 6.20 Å². The van der Waals surface area contributed by atoms with Gasteiger partial charge in [-0.05, 0) is 40.8 Å². The van der Waals surface area contributed by atoms with Crippen LogP contribution >= 0.6 is 0 Å². The summed E-state index contributed by atoms with van der Waals surface area (Å²) in [6.45, 7) is 3.87. The highest BCUT2D eigenvalue weighted by molar-refractivity contribution is 6.02. The molecule has 186 valence electrons. The number of nitrogens with one attached hydrogen (secondary N) is 1. The molecule has 2 N–H and O–H groups in total. The van der Waals surface area contributed by atoms with E-state index in [4.69, 9.17) is 4.42 Å². The predicted octanol–water partition coefficient (Wildman–Crippen LogP) is 5.33. The molecule has 0 fully saturated rings. The van der Waals surface area contributed by atoms with Crippen molar-refractivity contribution in [1.29, 1.82) is 0 Å². The molecule has 2 amide bonds. The number of amides is 2. The number of aromatic nitrogens is 1. The van der Waals surface area contributed by atoms with Crippen LogP contribution in [0.15, 0.2) is 83.4 Å². The van der Waals surface area contributed by atoms with Gasteiger partial charge in [-0.15, -0.1) is 0 Å². The number of fused-ring (bicyclic) bond motifs is 1. The zero-order valence-electron chi connectivity index (χ0n) is 20.3. The first-order valence-electron chi connectivity index (χ1n) is 11.9. The molecule has 5 rings (SSSR count). The molecular weight excluding hydrogens is 470 g/mol. The van der Waals surface area contributed by atoms with Gasteiger partial charge < -0.3 is 19.7 Å². The lowest BCUT2D eigenvalue weighted by Crippen LogP contribution is -2.44. The molecule has 8 heteroatoms. The molecule has 2 heterocycles. The molecule has 0 saturated heterocycles. The number of nitrogens with zero attached hydrogens (tertiary/aromatic N) is 2. The van der Waals surface area contributed by atoms with Crippen LogP contribution in [0.4, 0.5) is 5.69 Å². The molecule has 0 bridgehead atoms. The van der Waals surface area contributed by atoms with Crippen molar-refractivity contribution < 1.29 is 23.9 Å². The summed E-state index contributed by atoms with van der Waals surface area (Å²) in [6.07, 6.45) is 1.52. The minimum absolute atomic E-state index is 0.0364. The van der Waals surface area contributed by atoms with Gasteiger partial charge in [-0.3, -0.25) is 9.59 Å². The van der Waals surface area contributed by atoms with Crippen LogP contribution in [-0.2, 0) is 11.3 Å². The van der Waals surface area contributed by atoms with E-state index in [0.29, 0.717) is 17.0 Å². The van der Waals surface area contributed by atoms with Gasteiger partial charge in [0.1, 0.15) is 6.04 Å². The molecule has 1 aliphatic heterocycles. The third-order valence-corrected chi connectivity index (χ3v) is 6.40. The van der Waals surface area contributed by atoms with Crippen LogP contribution in [0.2, 0.25) is 0 Å². The lowest BCUT2D eigenvalue weighted by Gasteiger charge is -2.27. The Morgan fingerprint density at radius 3 is 2.35 bits per heavy atom. The van der Waals surface area contributed by atoms with E-state index >= 15 is 0 Å². The second kappa shape index (κ2) is 9.73. The Balaban J connectivity index is 1.29. The van der Waals surface area contributed by atoms with Crippen LogP contribution in [0.1, 0.15) is 40.5 Å². The molecule has 0 saturated carbocycles. The smallest absolute Gasteiger partial charge is 0.326 e. The molecule has 1 unspecified atom stereocenters. The zero-order valence-corrected chi connectivity index (χ0v) is 20.3. The molecule has 0 spiro atoms. The van der Waals surface area contributed by atoms with Crippen LogP contribution in [0, 0.1) is 5.92 Å². The van der Waals surface area contributed by atoms with Crippen molar-refractivity contribution in [3.8, 4) is 22.5 Å². The van der Waals surface area contributed by atoms with Gasteiger partial charge in [-0.25, -0.2) is 9.78 Å². The quantitative estimate of drug-likeness (QED) is 0.359. The molecule has 3 aromatic carbocycles. The molecule has 8 nitrogen and oxygen atoms in total. The Morgan fingerprint density at radius 1 is 0.973 bits per heavy atom. The van der Waals surface area contributed by atoms with Crippen molar-refractivity contribution in [2.24, 2.45) is 5.92 Å². The summed E-state index contributed by atoms with van der Waals surface area (Å²) in [7, 11) is 0. The first-order valence-corrected chi connectivity index (χ1v) is 11.9. The number of hydrogen-bond donors (Lipinski definition) is 2. The van der Waals surface area contributed by atoms with Gasteiger partial charge >= 0.3 is 11.9 Å². The Kier molecular flexibility index (Phi) is 6.31. The molecule has 0 aliphatic carbocycles. The largest absolute Gasteiger partial charge is 0.480 e. The summed E-state index contributed by atoms with van der Waals surface area (Å²) >= 11 is 0. The van der Waals surface area contributed by atoms with Crippen molar-refractivity contribution in [3.63, 3.8) is 0 Å². The Hall–Kier alpha value is -4.72. The molecular formula is C29H25N3O5. The Labute approximate surface area is 213 Å². The van der Waals surface area contributed by atoms with E-state index in [0.717, 1.165) is 22.3 Å². The number of aliphatic carboxylic acids is 1.